The average Bonchev–Trinajstić information content (AvgIpc) is 3.27. The van der Waals surface area contributed by atoms with Crippen molar-refractivity contribution < 1.29 is 9.21 Å². The molecule has 1 atom stereocenters. The Morgan fingerprint density at radius 3 is 2.92 bits per heavy atom. The minimum atomic E-state index is -0.0828. The van der Waals surface area contributed by atoms with Crippen molar-refractivity contribution in [1.29, 1.82) is 0 Å². The van der Waals surface area contributed by atoms with Gasteiger partial charge >= 0.3 is 0 Å². The second-order valence-electron chi connectivity index (χ2n) is 6.79. The first-order valence-corrected chi connectivity index (χ1v) is 9.52. The van der Waals surface area contributed by atoms with Crippen molar-refractivity contribution in [3.8, 4) is 11.1 Å². The third-order valence-electron chi connectivity index (χ3n) is 4.92. The largest absolute Gasteiger partial charge is 0.438 e. The summed E-state index contributed by atoms with van der Waals surface area (Å²) in [5.41, 5.74) is 5.09. The smallest absolute Gasteiger partial charge is 0.224 e. The lowest BCUT2D eigenvalue weighted by atomic mass is 10.0. The van der Waals surface area contributed by atoms with Crippen LogP contribution < -0.4 is 0 Å². The van der Waals surface area contributed by atoms with Crippen molar-refractivity contribution in [3.63, 3.8) is 0 Å². The number of rotatable bonds is 4. The van der Waals surface area contributed by atoms with Gasteiger partial charge in [-0.2, -0.15) is 0 Å². The Hall–Kier alpha value is -2.33. The molecule has 5 heteroatoms. The van der Waals surface area contributed by atoms with Crippen molar-refractivity contribution >= 4 is 28.6 Å². The highest BCUT2D eigenvalue weighted by atomic mass is 35.5. The van der Waals surface area contributed by atoms with E-state index in [-0.39, 0.29) is 11.9 Å². The molecule has 0 aliphatic carbocycles. The van der Waals surface area contributed by atoms with E-state index in [1.54, 1.807) is 0 Å². The third-order valence-corrected chi connectivity index (χ3v) is 5.11. The predicted molar refractivity (Wildman–Crippen MR) is 103 cm³/mol. The van der Waals surface area contributed by atoms with E-state index >= 15 is 0 Å². The Morgan fingerprint density at radius 1 is 1.27 bits per heavy atom. The molecule has 4 rings (SSSR count). The molecule has 1 aromatic heterocycles. The van der Waals surface area contributed by atoms with E-state index in [4.69, 9.17) is 21.0 Å². The van der Waals surface area contributed by atoms with Crippen LogP contribution in [0.3, 0.4) is 0 Å². The van der Waals surface area contributed by atoms with Crippen LogP contribution in [0, 0.1) is 6.92 Å². The topological polar surface area (TPSA) is 46.3 Å². The molecule has 3 aromatic rings. The first-order chi connectivity index (χ1) is 12.7. The van der Waals surface area contributed by atoms with E-state index < -0.39 is 0 Å². The molecule has 1 saturated heterocycles. The van der Waals surface area contributed by atoms with Crippen LogP contribution in [0.2, 0.25) is 0 Å². The maximum absolute atomic E-state index is 12.3. The van der Waals surface area contributed by atoms with Crippen molar-refractivity contribution in [2.75, 3.05) is 12.4 Å². The predicted octanol–water partition coefficient (Wildman–Crippen LogP) is 5.10. The zero-order valence-electron chi connectivity index (χ0n) is 14.7. The van der Waals surface area contributed by atoms with Gasteiger partial charge in [0.25, 0.3) is 0 Å². The highest BCUT2D eigenvalue weighted by Crippen LogP contribution is 2.34. The van der Waals surface area contributed by atoms with Gasteiger partial charge in [-0.15, -0.1) is 11.6 Å². The normalized spacial score (nSPS) is 17.2. The lowest BCUT2D eigenvalue weighted by Crippen LogP contribution is -2.30. The van der Waals surface area contributed by atoms with Crippen LogP contribution in [0.25, 0.3) is 22.2 Å². The number of oxazole rings is 1. The molecule has 0 radical (unpaired) electrons. The number of halogens is 1. The van der Waals surface area contributed by atoms with Crippen LogP contribution in [-0.2, 0) is 4.79 Å². The second-order valence-corrected chi connectivity index (χ2v) is 7.17. The average molecular weight is 369 g/mol. The van der Waals surface area contributed by atoms with Gasteiger partial charge in [-0.05, 0) is 43.0 Å². The van der Waals surface area contributed by atoms with Crippen LogP contribution in [-0.4, -0.2) is 28.2 Å². The number of hydrogen-bond donors (Lipinski definition) is 0. The van der Waals surface area contributed by atoms with Gasteiger partial charge in [0.05, 0.1) is 0 Å². The molecule has 1 aliphatic rings. The standard InChI is InChI=1S/C21H21ClN2O2/c1-14-4-2-5-15(12-14)16-7-8-19-17(13-16)23-21(26-19)18-6-3-11-24(18)20(25)9-10-22/h2,4-5,7-8,12-13,18H,3,6,9-11H2,1H3. The summed E-state index contributed by atoms with van der Waals surface area (Å²) in [5.74, 6) is 1.04. The van der Waals surface area contributed by atoms with Gasteiger partial charge in [0.1, 0.15) is 11.6 Å². The fourth-order valence-electron chi connectivity index (χ4n) is 3.64. The van der Waals surface area contributed by atoms with E-state index in [0.717, 1.165) is 41.6 Å². The SMILES string of the molecule is Cc1cccc(-c2ccc3oc(C4CCCN4C(=O)CCCl)nc3c2)c1. The summed E-state index contributed by atoms with van der Waals surface area (Å²) >= 11 is 5.73. The van der Waals surface area contributed by atoms with Gasteiger partial charge in [0.15, 0.2) is 5.58 Å². The molecule has 0 spiro atoms. The highest BCUT2D eigenvalue weighted by molar-refractivity contribution is 6.18. The number of hydrogen-bond acceptors (Lipinski definition) is 3. The maximum Gasteiger partial charge on any atom is 0.224 e. The molecule has 2 aromatic carbocycles. The Labute approximate surface area is 157 Å². The Balaban J connectivity index is 1.66. The van der Waals surface area contributed by atoms with Gasteiger partial charge in [-0.25, -0.2) is 4.98 Å². The monoisotopic (exact) mass is 368 g/mol. The summed E-state index contributed by atoms with van der Waals surface area (Å²) in [6.07, 6.45) is 2.20. The lowest BCUT2D eigenvalue weighted by Gasteiger charge is -2.21. The van der Waals surface area contributed by atoms with E-state index in [9.17, 15) is 4.79 Å². The minimum absolute atomic E-state index is 0.0743. The van der Waals surface area contributed by atoms with E-state index in [1.807, 2.05) is 11.0 Å². The summed E-state index contributed by atoms with van der Waals surface area (Å²) < 4.78 is 5.99. The number of alkyl halides is 1. The number of aromatic nitrogens is 1. The minimum Gasteiger partial charge on any atom is -0.438 e. The third kappa shape index (κ3) is 3.21. The second kappa shape index (κ2) is 7.12. The summed E-state index contributed by atoms with van der Waals surface area (Å²) in [6.45, 7) is 2.83. The number of nitrogens with zero attached hydrogens (tertiary/aromatic N) is 2. The summed E-state index contributed by atoms with van der Waals surface area (Å²) in [5, 5.41) is 0. The molecule has 0 bridgehead atoms. The molecule has 1 amide bonds. The molecule has 2 heterocycles. The van der Waals surface area contributed by atoms with Crippen molar-refractivity contribution in [1.82, 2.24) is 9.88 Å². The zero-order valence-corrected chi connectivity index (χ0v) is 15.5. The molecule has 1 aliphatic heterocycles. The van der Waals surface area contributed by atoms with E-state index in [0.29, 0.717) is 18.2 Å². The molecular formula is C21H21ClN2O2. The van der Waals surface area contributed by atoms with Gasteiger partial charge in [-0.3, -0.25) is 4.79 Å². The summed E-state index contributed by atoms with van der Waals surface area (Å²) in [6, 6.07) is 14.4. The Bertz CT molecular complexity index is 950. The molecule has 4 nitrogen and oxygen atoms in total. The quantitative estimate of drug-likeness (QED) is 0.602. The number of carbonyl (C=O) groups is 1. The van der Waals surface area contributed by atoms with Crippen LogP contribution in [0.4, 0.5) is 0 Å². The number of benzene rings is 2. The van der Waals surface area contributed by atoms with Crippen LogP contribution in [0.5, 0.6) is 0 Å². The van der Waals surface area contributed by atoms with Crippen LogP contribution >= 0.6 is 11.6 Å². The lowest BCUT2D eigenvalue weighted by molar-refractivity contribution is -0.132. The summed E-state index contributed by atoms with van der Waals surface area (Å²) in [7, 11) is 0. The maximum atomic E-state index is 12.3. The van der Waals surface area contributed by atoms with Crippen molar-refractivity contribution in [2.24, 2.45) is 0 Å². The first-order valence-electron chi connectivity index (χ1n) is 8.98. The summed E-state index contributed by atoms with van der Waals surface area (Å²) in [4.78, 5) is 18.8. The number of fused-ring (bicyclic) bond motifs is 1. The molecule has 26 heavy (non-hydrogen) atoms. The molecular weight excluding hydrogens is 348 g/mol. The van der Waals surface area contributed by atoms with Gasteiger partial charge < -0.3 is 9.32 Å². The van der Waals surface area contributed by atoms with Crippen LogP contribution in [0.1, 0.15) is 36.8 Å². The van der Waals surface area contributed by atoms with Gasteiger partial charge in [0, 0.05) is 18.8 Å². The number of amides is 1. The van der Waals surface area contributed by atoms with Gasteiger partial charge in [-0.1, -0.05) is 35.9 Å². The van der Waals surface area contributed by atoms with Crippen LogP contribution in [0.15, 0.2) is 46.9 Å². The van der Waals surface area contributed by atoms with E-state index in [2.05, 4.69) is 43.3 Å². The molecule has 0 saturated carbocycles. The van der Waals surface area contributed by atoms with Crippen molar-refractivity contribution in [2.45, 2.75) is 32.2 Å². The zero-order chi connectivity index (χ0) is 18.1. The number of likely N-dealkylation sites (tertiary alicyclic amines) is 1. The highest BCUT2D eigenvalue weighted by Gasteiger charge is 2.33. The molecule has 134 valence electrons. The molecule has 1 fully saturated rings. The van der Waals surface area contributed by atoms with Gasteiger partial charge in [0.2, 0.25) is 11.8 Å². The Morgan fingerprint density at radius 2 is 2.12 bits per heavy atom. The van der Waals surface area contributed by atoms with Crippen molar-refractivity contribution in [3.05, 3.63) is 53.9 Å². The number of aryl methyl sites for hydroxylation is 1. The molecule has 1 unspecified atom stereocenters. The molecule has 0 N–H and O–H groups in total. The van der Waals surface area contributed by atoms with E-state index in [1.165, 1.54) is 5.56 Å². The number of carbonyl (C=O) groups excluding carboxylic acids is 1. The fourth-order valence-corrected chi connectivity index (χ4v) is 3.80. The first kappa shape index (κ1) is 17.1. The Kier molecular flexibility index (Phi) is 4.68. The fraction of sp³-hybridized carbons (Fsp3) is 0.333.